The van der Waals surface area contributed by atoms with Crippen LogP contribution < -0.4 is 10.2 Å². The molecule has 1 aliphatic rings. The monoisotopic (exact) mass is 312 g/mol. The first kappa shape index (κ1) is 13.8. The summed E-state index contributed by atoms with van der Waals surface area (Å²) in [5, 5.41) is 12.9. The largest absolute Gasteiger partial charge is 0.393 e. The van der Waals surface area contributed by atoms with E-state index in [0.29, 0.717) is 5.92 Å². The van der Waals surface area contributed by atoms with Crippen LogP contribution in [0.1, 0.15) is 18.9 Å². The Balaban J connectivity index is 2.12. The molecule has 4 heteroatoms. The molecule has 0 bridgehead atoms. The highest BCUT2D eigenvalue weighted by Crippen LogP contribution is 2.27. The molecule has 1 heterocycles. The Kier molecular flexibility index (Phi) is 4.65. The fourth-order valence-corrected chi connectivity index (χ4v) is 2.94. The summed E-state index contributed by atoms with van der Waals surface area (Å²) < 4.78 is 1.15. The number of nitrogens with one attached hydrogen (secondary N) is 1. The summed E-state index contributed by atoms with van der Waals surface area (Å²) in [6.07, 6.45) is 0.713. The minimum atomic E-state index is -0.145. The van der Waals surface area contributed by atoms with E-state index in [-0.39, 0.29) is 6.10 Å². The third kappa shape index (κ3) is 3.05. The minimum Gasteiger partial charge on any atom is -0.393 e. The molecule has 2 unspecified atom stereocenters. The van der Waals surface area contributed by atoms with E-state index in [1.165, 1.54) is 11.3 Å². The van der Waals surface area contributed by atoms with Gasteiger partial charge in [0.1, 0.15) is 0 Å². The lowest BCUT2D eigenvalue weighted by molar-refractivity contribution is 0.0971. The molecule has 0 aromatic heterocycles. The average molecular weight is 313 g/mol. The second-order valence-corrected chi connectivity index (χ2v) is 5.94. The second-order valence-electron chi connectivity index (χ2n) is 5.09. The van der Waals surface area contributed by atoms with E-state index in [1.54, 1.807) is 0 Å². The molecule has 0 spiro atoms. The molecule has 100 valence electrons. The van der Waals surface area contributed by atoms with E-state index in [0.717, 1.165) is 30.5 Å². The number of piperidine rings is 1. The molecular formula is C14H21BrN2O. The molecule has 0 aliphatic carbocycles. The third-order valence-electron chi connectivity index (χ3n) is 3.63. The zero-order valence-corrected chi connectivity index (χ0v) is 12.6. The lowest BCUT2D eigenvalue weighted by atomic mass is 9.96. The zero-order chi connectivity index (χ0) is 13.1. The van der Waals surface area contributed by atoms with Gasteiger partial charge in [0.2, 0.25) is 0 Å². The Hall–Kier alpha value is -0.580. The summed E-state index contributed by atoms with van der Waals surface area (Å²) in [6.45, 7) is 4.85. The van der Waals surface area contributed by atoms with Gasteiger partial charge in [0.25, 0.3) is 0 Å². The number of aliphatic hydroxyl groups is 1. The van der Waals surface area contributed by atoms with Crippen molar-refractivity contribution >= 4 is 21.6 Å². The van der Waals surface area contributed by atoms with E-state index >= 15 is 0 Å². The van der Waals surface area contributed by atoms with Crippen molar-refractivity contribution in [2.75, 3.05) is 25.0 Å². The van der Waals surface area contributed by atoms with E-state index in [2.05, 4.69) is 51.3 Å². The molecule has 2 atom stereocenters. The molecule has 1 saturated heterocycles. The van der Waals surface area contributed by atoms with Crippen molar-refractivity contribution in [2.45, 2.75) is 26.0 Å². The molecule has 1 fully saturated rings. The summed E-state index contributed by atoms with van der Waals surface area (Å²) in [7, 11) is 1.95. The van der Waals surface area contributed by atoms with Crippen LogP contribution in [0.25, 0.3) is 0 Å². The van der Waals surface area contributed by atoms with Crippen LogP contribution in [0.5, 0.6) is 0 Å². The summed E-state index contributed by atoms with van der Waals surface area (Å²) in [5.74, 6) is 0.342. The molecule has 18 heavy (non-hydrogen) atoms. The molecule has 2 rings (SSSR count). The zero-order valence-electron chi connectivity index (χ0n) is 11.0. The molecule has 0 saturated carbocycles. The first-order valence-electron chi connectivity index (χ1n) is 6.48. The Morgan fingerprint density at radius 2 is 2.28 bits per heavy atom. The van der Waals surface area contributed by atoms with Crippen LogP contribution in [0.2, 0.25) is 0 Å². The summed E-state index contributed by atoms with van der Waals surface area (Å²) >= 11 is 3.63. The molecule has 0 amide bonds. The van der Waals surface area contributed by atoms with E-state index < -0.39 is 0 Å². The standard InChI is InChI=1S/C14H21BrN2O/c1-10-9-17(6-5-14(10)18)12-4-3-11(8-16-2)13(15)7-12/h3-4,7,10,14,16,18H,5-6,8-9H2,1-2H3. The Morgan fingerprint density at radius 3 is 2.89 bits per heavy atom. The van der Waals surface area contributed by atoms with Gasteiger partial charge in [-0.15, -0.1) is 0 Å². The number of aliphatic hydroxyl groups excluding tert-OH is 1. The van der Waals surface area contributed by atoms with Crippen molar-refractivity contribution in [3.05, 3.63) is 28.2 Å². The molecule has 0 radical (unpaired) electrons. The van der Waals surface area contributed by atoms with E-state index in [9.17, 15) is 5.11 Å². The van der Waals surface area contributed by atoms with Crippen LogP contribution in [0.3, 0.4) is 0 Å². The van der Waals surface area contributed by atoms with Gasteiger partial charge in [-0.3, -0.25) is 0 Å². The van der Waals surface area contributed by atoms with Crippen molar-refractivity contribution in [1.29, 1.82) is 0 Å². The normalized spacial score (nSPS) is 24.3. The van der Waals surface area contributed by atoms with E-state index in [1.807, 2.05) is 7.05 Å². The maximum Gasteiger partial charge on any atom is 0.0599 e. The minimum absolute atomic E-state index is 0.145. The van der Waals surface area contributed by atoms with Gasteiger partial charge in [0, 0.05) is 29.8 Å². The smallest absolute Gasteiger partial charge is 0.0599 e. The second kappa shape index (κ2) is 6.04. The van der Waals surface area contributed by atoms with Gasteiger partial charge in [0.05, 0.1) is 6.10 Å². The molecule has 2 N–H and O–H groups in total. The number of hydrogen-bond acceptors (Lipinski definition) is 3. The maximum absolute atomic E-state index is 9.77. The van der Waals surface area contributed by atoms with Crippen LogP contribution in [0.4, 0.5) is 5.69 Å². The first-order chi connectivity index (χ1) is 8.61. The summed E-state index contributed by atoms with van der Waals surface area (Å²) in [6, 6.07) is 6.50. The van der Waals surface area contributed by atoms with Crippen LogP contribution in [-0.2, 0) is 6.54 Å². The van der Waals surface area contributed by atoms with Crippen molar-refractivity contribution in [3.63, 3.8) is 0 Å². The Labute approximate surface area is 117 Å². The highest BCUT2D eigenvalue weighted by atomic mass is 79.9. The maximum atomic E-state index is 9.77. The number of nitrogens with zero attached hydrogens (tertiary/aromatic N) is 1. The van der Waals surface area contributed by atoms with Crippen LogP contribution in [0.15, 0.2) is 22.7 Å². The summed E-state index contributed by atoms with van der Waals surface area (Å²) in [4.78, 5) is 2.35. The lowest BCUT2D eigenvalue weighted by Gasteiger charge is -2.36. The SMILES string of the molecule is CNCc1ccc(N2CCC(O)C(C)C2)cc1Br. The average Bonchev–Trinajstić information content (AvgIpc) is 2.35. The Morgan fingerprint density at radius 1 is 1.50 bits per heavy atom. The van der Waals surface area contributed by atoms with Crippen molar-refractivity contribution in [1.82, 2.24) is 5.32 Å². The molecule has 1 aromatic rings. The van der Waals surface area contributed by atoms with Gasteiger partial charge in [-0.1, -0.05) is 28.9 Å². The van der Waals surface area contributed by atoms with Crippen LogP contribution >= 0.6 is 15.9 Å². The molecule has 3 nitrogen and oxygen atoms in total. The topological polar surface area (TPSA) is 35.5 Å². The fourth-order valence-electron chi connectivity index (χ4n) is 2.43. The summed E-state index contributed by atoms with van der Waals surface area (Å²) in [5.41, 5.74) is 2.51. The van der Waals surface area contributed by atoms with Gasteiger partial charge >= 0.3 is 0 Å². The predicted octanol–water partition coefficient (Wildman–Crippen LogP) is 2.38. The Bertz CT molecular complexity index is 411. The van der Waals surface area contributed by atoms with Crippen LogP contribution in [0, 0.1) is 5.92 Å². The first-order valence-corrected chi connectivity index (χ1v) is 7.27. The van der Waals surface area contributed by atoms with Crippen LogP contribution in [-0.4, -0.2) is 31.3 Å². The highest BCUT2D eigenvalue weighted by molar-refractivity contribution is 9.10. The van der Waals surface area contributed by atoms with Gasteiger partial charge in [0.15, 0.2) is 0 Å². The molecular weight excluding hydrogens is 292 g/mol. The lowest BCUT2D eigenvalue weighted by Crippen LogP contribution is -2.41. The molecule has 1 aliphatic heterocycles. The number of benzene rings is 1. The van der Waals surface area contributed by atoms with E-state index in [4.69, 9.17) is 0 Å². The quantitative estimate of drug-likeness (QED) is 0.899. The van der Waals surface area contributed by atoms with Gasteiger partial charge in [-0.25, -0.2) is 0 Å². The van der Waals surface area contributed by atoms with Crippen molar-refractivity contribution in [3.8, 4) is 0 Å². The number of anilines is 1. The highest BCUT2D eigenvalue weighted by Gasteiger charge is 2.24. The fraction of sp³-hybridized carbons (Fsp3) is 0.571. The third-order valence-corrected chi connectivity index (χ3v) is 4.37. The number of rotatable bonds is 3. The van der Waals surface area contributed by atoms with Crippen molar-refractivity contribution in [2.24, 2.45) is 5.92 Å². The number of hydrogen-bond donors (Lipinski definition) is 2. The molecule has 1 aromatic carbocycles. The van der Waals surface area contributed by atoms with Crippen molar-refractivity contribution < 1.29 is 5.11 Å². The predicted molar refractivity (Wildman–Crippen MR) is 78.9 cm³/mol. The van der Waals surface area contributed by atoms with Gasteiger partial charge < -0.3 is 15.3 Å². The van der Waals surface area contributed by atoms with Gasteiger partial charge in [-0.05, 0) is 37.1 Å². The number of halogens is 1. The van der Waals surface area contributed by atoms with Gasteiger partial charge in [-0.2, -0.15) is 0 Å².